The summed E-state index contributed by atoms with van der Waals surface area (Å²) in [5.74, 6) is 0. The first-order valence-corrected chi connectivity index (χ1v) is 3.59. The van der Waals surface area contributed by atoms with Gasteiger partial charge in [-0.25, -0.2) is 0 Å². The molecule has 68 valence electrons. The van der Waals surface area contributed by atoms with Crippen molar-refractivity contribution in [3.63, 3.8) is 0 Å². The Hall–Kier alpha value is -0.540. The number of quaternary nitrogens is 1. The van der Waals surface area contributed by atoms with Crippen LogP contribution in [0.3, 0.4) is 0 Å². The first kappa shape index (κ1) is 13.1. The van der Waals surface area contributed by atoms with Crippen LogP contribution in [0.4, 0.5) is 0 Å². The van der Waals surface area contributed by atoms with Gasteiger partial charge in [-0.05, 0) is 0 Å². The van der Waals surface area contributed by atoms with Crippen molar-refractivity contribution in [2.75, 3.05) is 34.3 Å². The van der Waals surface area contributed by atoms with E-state index in [-0.39, 0.29) is 5.48 Å². The van der Waals surface area contributed by atoms with E-state index < -0.39 is 0 Å². The van der Waals surface area contributed by atoms with Crippen LogP contribution in [0.15, 0.2) is 12.8 Å². The number of hydrogen-bond donors (Lipinski definition) is 0. The summed E-state index contributed by atoms with van der Waals surface area (Å²) in [6.45, 7) is 5.40. The van der Waals surface area contributed by atoms with Crippen molar-refractivity contribution in [1.82, 2.24) is 0 Å². The van der Waals surface area contributed by atoms with Crippen LogP contribution in [0.5, 0.6) is 0 Å². The van der Waals surface area contributed by atoms with Crippen LogP contribution in [0, 0.1) is 0 Å². The highest BCUT2D eigenvalue weighted by Crippen LogP contribution is 1.93. The third kappa shape index (κ3) is 12.6. The van der Waals surface area contributed by atoms with Gasteiger partial charge in [-0.3, -0.25) is 0 Å². The highest BCUT2D eigenvalue weighted by atomic mass is 16.5. The van der Waals surface area contributed by atoms with Gasteiger partial charge in [0.05, 0.1) is 40.6 Å². The van der Waals surface area contributed by atoms with Gasteiger partial charge < -0.3 is 14.7 Å². The molecule has 0 fully saturated rings. The second kappa shape index (κ2) is 6.19. The Morgan fingerprint density at radius 1 is 1.36 bits per heavy atom. The molecule has 0 saturated carbocycles. The van der Waals surface area contributed by atoms with Crippen molar-refractivity contribution < 1.29 is 14.7 Å². The van der Waals surface area contributed by atoms with Crippen molar-refractivity contribution >= 4 is 0 Å². The number of ether oxygens (including phenoxy) is 1. The summed E-state index contributed by atoms with van der Waals surface area (Å²) in [5, 5.41) is 0. The Bertz CT molecular complexity index is 96.8. The molecule has 0 aliphatic heterocycles. The zero-order valence-corrected chi connectivity index (χ0v) is 7.71. The highest BCUT2D eigenvalue weighted by molar-refractivity contribution is 4.48. The smallest absolute Gasteiger partial charge is 0.0926 e. The van der Waals surface area contributed by atoms with Crippen LogP contribution < -0.4 is 0 Å². The third-order valence-electron chi connectivity index (χ3n) is 1.21. The quantitative estimate of drug-likeness (QED) is 0.343. The second-order valence-corrected chi connectivity index (χ2v) is 3.40. The minimum absolute atomic E-state index is 0. The molecule has 3 nitrogen and oxygen atoms in total. The molecule has 0 aliphatic carbocycles. The van der Waals surface area contributed by atoms with Crippen molar-refractivity contribution in [3.05, 3.63) is 12.8 Å². The maximum atomic E-state index is 4.98. The molecule has 0 unspecified atom stereocenters. The standard InChI is InChI=1S/C8H18NO.H2O/c1-5-10-8-6-7-9(2,3)4;/h5H,1,6-8H2,2-4H3;1H2/q+1;/p-1. The molecule has 0 spiro atoms. The highest BCUT2D eigenvalue weighted by Gasteiger charge is 2.04. The van der Waals surface area contributed by atoms with E-state index in [0.29, 0.717) is 0 Å². The zero-order valence-electron chi connectivity index (χ0n) is 7.71. The van der Waals surface area contributed by atoms with E-state index in [1.807, 2.05) is 0 Å². The van der Waals surface area contributed by atoms with Crippen LogP contribution in [-0.2, 0) is 4.74 Å². The van der Waals surface area contributed by atoms with E-state index in [1.54, 1.807) is 0 Å². The Balaban J connectivity index is 0. The van der Waals surface area contributed by atoms with Crippen LogP contribution in [-0.4, -0.2) is 44.3 Å². The number of hydrogen-bond acceptors (Lipinski definition) is 2. The topological polar surface area (TPSA) is 39.2 Å². The van der Waals surface area contributed by atoms with Crippen molar-refractivity contribution in [1.29, 1.82) is 0 Å². The summed E-state index contributed by atoms with van der Waals surface area (Å²) >= 11 is 0. The molecular formula is C8H19NO2. The first-order valence-electron chi connectivity index (χ1n) is 3.59. The van der Waals surface area contributed by atoms with Gasteiger partial charge >= 0.3 is 0 Å². The van der Waals surface area contributed by atoms with E-state index in [2.05, 4.69) is 27.7 Å². The summed E-state index contributed by atoms with van der Waals surface area (Å²) in [7, 11) is 6.52. The maximum absolute atomic E-state index is 4.98. The lowest BCUT2D eigenvalue weighted by Gasteiger charge is -2.23. The van der Waals surface area contributed by atoms with Gasteiger partial charge in [0.25, 0.3) is 0 Å². The normalized spacial score (nSPS) is 10.1. The Labute approximate surface area is 69.2 Å². The minimum Gasteiger partial charge on any atom is -0.870 e. The molecule has 0 rings (SSSR count). The molecule has 1 N–H and O–H groups in total. The molecule has 0 saturated heterocycles. The largest absolute Gasteiger partial charge is 0.870 e. The van der Waals surface area contributed by atoms with Crippen LogP contribution >= 0.6 is 0 Å². The Kier molecular flexibility index (Phi) is 7.36. The van der Waals surface area contributed by atoms with Gasteiger partial charge in [0.1, 0.15) is 0 Å². The van der Waals surface area contributed by atoms with Gasteiger partial charge in [-0.15, -0.1) is 0 Å². The molecule has 0 bridgehead atoms. The molecule has 0 heterocycles. The molecular weight excluding hydrogens is 142 g/mol. The van der Waals surface area contributed by atoms with Gasteiger partial charge in [0.15, 0.2) is 0 Å². The lowest BCUT2D eigenvalue weighted by Crippen LogP contribution is -2.35. The van der Waals surface area contributed by atoms with E-state index in [4.69, 9.17) is 4.74 Å². The molecule has 0 aliphatic rings. The second-order valence-electron chi connectivity index (χ2n) is 3.40. The summed E-state index contributed by atoms with van der Waals surface area (Å²) in [4.78, 5) is 0. The van der Waals surface area contributed by atoms with Gasteiger partial charge in [-0.1, -0.05) is 6.58 Å². The Morgan fingerprint density at radius 3 is 2.27 bits per heavy atom. The molecule has 0 aromatic rings. The van der Waals surface area contributed by atoms with E-state index in [0.717, 1.165) is 24.1 Å². The average Bonchev–Trinajstić information content (AvgIpc) is 1.78. The zero-order chi connectivity index (χ0) is 8.04. The molecule has 11 heavy (non-hydrogen) atoms. The SMILES string of the molecule is C=COCCC[N+](C)(C)C.[OH-]. The average molecular weight is 161 g/mol. The molecule has 0 aromatic heterocycles. The van der Waals surface area contributed by atoms with Crippen molar-refractivity contribution in [2.24, 2.45) is 0 Å². The predicted molar refractivity (Wildman–Crippen MR) is 45.6 cm³/mol. The van der Waals surface area contributed by atoms with Crippen LogP contribution in [0.2, 0.25) is 0 Å². The molecule has 0 atom stereocenters. The van der Waals surface area contributed by atoms with E-state index >= 15 is 0 Å². The van der Waals surface area contributed by atoms with E-state index in [9.17, 15) is 0 Å². The summed E-state index contributed by atoms with van der Waals surface area (Å²) in [5.41, 5.74) is 0. The summed E-state index contributed by atoms with van der Waals surface area (Å²) < 4.78 is 5.98. The summed E-state index contributed by atoms with van der Waals surface area (Å²) in [6, 6.07) is 0. The van der Waals surface area contributed by atoms with Crippen molar-refractivity contribution in [2.45, 2.75) is 6.42 Å². The van der Waals surface area contributed by atoms with Crippen LogP contribution in [0.1, 0.15) is 6.42 Å². The fourth-order valence-corrected chi connectivity index (χ4v) is 0.706. The lowest BCUT2D eigenvalue weighted by atomic mass is 10.4. The Morgan fingerprint density at radius 2 is 1.91 bits per heavy atom. The minimum atomic E-state index is 0. The monoisotopic (exact) mass is 161 g/mol. The van der Waals surface area contributed by atoms with Gasteiger partial charge in [0.2, 0.25) is 0 Å². The van der Waals surface area contributed by atoms with Gasteiger partial charge in [0, 0.05) is 6.42 Å². The molecule has 0 amide bonds. The fraction of sp³-hybridized carbons (Fsp3) is 0.750. The molecule has 3 heteroatoms. The van der Waals surface area contributed by atoms with Crippen molar-refractivity contribution in [3.8, 4) is 0 Å². The number of rotatable bonds is 5. The summed E-state index contributed by atoms with van der Waals surface area (Å²) in [6.07, 6.45) is 2.59. The first-order chi connectivity index (χ1) is 4.56. The maximum Gasteiger partial charge on any atom is 0.0926 e. The molecule has 0 radical (unpaired) electrons. The van der Waals surface area contributed by atoms with Gasteiger partial charge in [-0.2, -0.15) is 0 Å². The lowest BCUT2D eigenvalue weighted by molar-refractivity contribution is -0.870. The number of nitrogens with zero attached hydrogens (tertiary/aromatic N) is 1. The van der Waals surface area contributed by atoms with E-state index in [1.165, 1.54) is 6.26 Å². The third-order valence-corrected chi connectivity index (χ3v) is 1.21. The molecule has 0 aromatic carbocycles. The predicted octanol–water partition coefficient (Wildman–Crippen LogP) is 1.07. The van der Waals surface area contributed by atoms with Crippen LogP contribution in [0.25, 0.3) is 0 Å². The fourth-order valence-electron chi connectivity index (χ4n) is 0.706.